The van der Waals surface area contributed by atoms with Crippen LogP contribution in [0.4, 0.5) is 0 Å². The molecule has 0 bridgehead atoms. The van der Waals surface area contributed by atoms with Gasteiger partial charge in [-0.2, -0.15) is 5.21 Å². The van der Waals surface area contributed by atoms with E-state index in [4.69, 9.17) is 5.73 Å². The number of nitrogens with zero attached hydrogens (tertiary/aromatic N) is 3. The smallest absolute Gasteiger partial charge is 0.220 e. The van der Waals surface area contributed by atoms with Gasteiger partial charge in [0.1, 0.15) is 0 Å². The zero-order chi connectivity index (χ0) is 11.1. The average molecular weight is 212 g/mol. The Morgan fingerprint density at radius 2 is 2.47 bits per heavy atom. The van der Waals surface area contributed by atoms with Gasteiger partial charge in [-0.15, -0.1) is 10.2 Å². The van der Waals surface area contributed by atoms with Crippen molar-refractivity contribution in [3.63, 3.8) is 0 Å². The summed E-state index contributed by atoms with van der Waals surface area (Å²) in [5, 5.41) is 15.8. The molecule has 15 heavy (non-hydrogen) atoms. The number of carbonyl (C=O) groups excluding carboxylic acids is 1. The van der Waals surface area contributed by atoms with Crippen molar-refractivity contribution >= 4 is 5.91 Å². The Morgan fingerprint density at radius 1 is 1.67 bits per heavy atom. The second-order valence-electron chi connectivity index (χ2n) is 3.32. The summed E-state index contributed by atoms with van der Waals surface area (Å²) >= 11 is 0. The predicted molar refractivity (Wildman–Crippen MR) is 53.5 cm³/mol. The third kappa shape index (κ3) is 4.03. The van der Waals surface area contributed by atoms with E-state index in [9.17, 15) is 4.79 Å². The van der Waals surface area contributed by atoms with Gasteiger partial charge in [0.2, 0.25) is 5.91 Å². The largest absolute Gasteiger partial charge is 0.349 e. The molecule has 84 valence electrons. The maximum Gasteiger partial charge on any atom is 0.220 e. The number of aromatic amines is 1. The fourth-order valence-corrected chi connectivity index (χ4v) is 1.16. The van der Waals surface area contributed by atoms with Crippen LogP contribution in [0, 0.1) is 5.92 Å². The number of aromatic nitrogens is 4. The molecule has 0 aliphatic rings. The Labute approximate surface area is 87.8 Å². The van der Waals surface area contributed by atoms with Gasteiger partial charge in [0.05, 0.1) is 6.54 Å². The van der Waals surface area contributed by atoms with Crippen molar-refractivity contribution in [2.24, 2.45) is 11.7 Å². The van der Waals surface area contributed by atoms with Crippen molar-refractivity contribution in [3.05, 3.63) is 5.82 Å². The summed E-state index contributed by atoms with van der Waals surface area (Å²) in [4.78, 5) is 11.4. The normalized spacial score (nSPS) is 12.4. The van der Waals surface area contributed by atoms with Gasteiger partial charge in [0.15, 0.2) is 5.82 Å². The maximum atomic E-state index is 11.4. The zero-order valence-corrected chi connectivity index (χ0v) is 8.73. The molecule has 1 amide bonds. The molecule has 7 heteroatoms. The van der Waals surface area contributed by atoms with Crippen molar-refractivity contribution in [3.8, 4) is 0 Å². The molecule has 0 spiro atoms. The summed E-state index contributed by atoms with van der Waals surface area (Å²) < 4.78 is 0. The van der Waals surface area contributed by atoms with Gasteiger partial charge in [0.25, 0.3) is 0 Å². The minimum absolute atomic E-state index is 0.0305. The van der Waals surface area contributed by atoms with Crippen LogP contribution in [0.15, 0.2) is 0 Å². The number of rotatable bonds is 6. The van der Waals surface area contributed by atoms with Gasteiger partial charge in [-0.05, 0) is 12.5 Å². The van der Waals surface area contributed by atoms with Gasteiger partial charge >= 0.3 is 0 Å². The second kappa shape index (κ2) is 6.07. The highest BCUT2D eigenvalue weighted by Gasteiger charge is 2.10. The molecule has 0 saturated heterocycles. The first kappa shape index (κ1) is 11.6. The minimum atomic E-state index is -0.0305. The summed E-state index contributed by atoms with van der Waals surface area (Å²) in [5.41, 5.74) is 5.50. The third-order valence-corrected chi connectivity index (χ3v) is 2.22. The molecule has 0 aliphatic carbocycles. The summed E-state index contributed by atoms with van der Waals surface area (Å²) in [6.45, 7) is 2.85. The number of carbonyl (C=O) groups is 1. The van der Waals surface area contributed by atoms with Crippen LogP contribution in [0.1, 0.15) is 25.6 Å². The fraction of sp³-hybridized carbons (Fsp3) is 0.750. The number of nitrogens with two attached hydrogens (primary N) is 1. The van der Waals surface area contributed by atoms with E-state index in [1.54, 1.807) is 0 Å². The number of hydrogen-bond donors (Lipinski definition) is 3. The maximum absolute atomic E-state index is 11.4. The van der Waals surface area contributed by atoms with Crippen LogP contribution >= 0.6 is 0 Å². The fourth-order valence-electron chi connectivity index (χ4n) is 1.16. The van der Waals surface area contributed by atoms with Crippen LogP contribution in [0.3, 0.4) is 0 Å². The van der Waals surface area contributed by atoms with Gasteiger partial charge in [-0.3, -0.25) is 4.79 Å². The molecule has 1 heterocycles. The van der Waals surface area contributed by atoms with Crippen molar-refractivity contribution in [1.29, 1.82) is 0 Å². The summed E-state index contributed by atoms with van der Waals surface area (Å²) in [5.74, 6) is 0.691. The standard InChI is InChI=1S/C8H16N6O/c1-2-6(4-9)3-8(15)10-5-7-11-13-14-12-7/h6H,2-5,9H2,1H3,(H,10,15)(H,11,12,13,14). The second-order valence-corrected chi connectivity index (χ2v) is 3.32. The molecule has 1 unspecified atom stereocenters. The molecule has 7 nitrogen and oxygen atoms in total. The molecule has 4 N–H and O–H groups in total. The highest BCUT2D eigenvalue weighted by Crippen LogP contribution is 2.05. The lowest BCUT2D eigenvalue weighted by molar-refractivity contribution is -0.122. The number of nitrogens with one attached hydrogen (secondary N) is 2. The number of tetrazole rings is 1. The molecule has 0 aromatic carbocycles. The first-order valence-corrected chi connectivity index (χ1v) is 4.95. The predicted octanol–water partition coefficient (Wildman–Crippen LogP) is -0.809. The quantitative estimate of drug-likeness (QED) is 0.571. The van der Waals surface area contributed by atoms with E-state index in [0.717, 1.165) is 6.42 Å². The van der Waals surface area contributed by atoms with Crippen molar-refractivity contribution in [2.75, 3.05) is 6.54 Å². The molecule has 0 saturated carbocycles. The number of amides is 1. The molecular formula is C8H16N6O. The van der Waals surface area contributed by atoms with E-state index in [-0.39, 0.29) is 11.8 Å². The Bertz CT molecular complexity index is 281. The SMILES string of the molecule is CCC(CN)CC(=O)NCc1nn[nH]n1. The molecule has 1 aromatic rings. The van der Waals surface area contributed by atoms with E-state index >= 15 is 0 Å². The zero-order valence-electron chi connectivity index (χ0n) is 8.73. The molecular weight excluding hydrogens is 196 g/mol. The first-order valence-electron chi connectivity index (χ1n) is 4.95. The first-order chi connectivity index (χ1) is 7.26. The third-order valence-electron chi connectivity index (χ3n) is 2.22. The van der Waals surface area contributed by atoms with Crippen molar-refractivity contribution < 1.29 is 4.79 Å². The van der Waals surface area contributed by atoms with Gasteiger partial charge < -0.3 is 11.1 Å². The van der Waals surface area contributed by atoms with E-state index in [1.807, 2.05) is 6.92 Å². The molecule has 1 rings (SSSR count). The van der Waals surface area contributed by atoms with Crippen LogP contribution in [0.25, 0.3) is 0 Å². The van der Waals surface area contributed by atoms with Gasteiger partial charge in [-0.1, -0.05) is 18.6 Å². The lowest BCUT2D eigenvalue weighted by atomic mass is 10.0. The summed E-state index contributed by atoms with van der Waals surface area (Å²) in [6, 6.07) is 0. The molecule has 0 fully saturated rings. The Hall–Kier alpha value is -1.50. The molecule has 1 atom stereocenters. The lowest BCUT2D eigenvalue weighted by Crippen LogP contribution is -2.28. The van der Waals surface area contributed by atoms with E-state index < -0.39 is 0 Å². The lowest BCUT2D eigenvalue weighted by Gasteiger charge is -2.10. The minimum Gasteiger partial charge on any atom is -0.349 e. The summed E-state index contributed by atoms with van der Waals surface area (Å²) in [6.07, 6.45) is 1.36. The molecule has 1 aromatic heterocycles. The monoisotopic (exact) mass is 212 g/mol. The van der Waals surface area contributed by atoms with Crippen molar-refractivity contribution in [1.82, 2.24) is 25.9 Å². The topological polar surface area (TPSA) is 110 Å². The molecule has 0 aliphatic heterocycles. The molecule has 0 radical (unpaired) electrons. The summed E-state index contributed by atoms with van der Waals surface area (Å²) in [7, 11) is 0. The number of hydrogen-bond acceptors (Lipinski definition) is 5. The van der Waals surface area contributed by atoms with E-state index in [2.05, 4.69) is 25.9 Å². The Morgan fingerprint density at radius 3 is 3.00 bits per heavy atom. The number of H-pyrrole nitrogens is 1. The van der Waals surface area contributed by atoms with Crippen LogP contribution in [-0.4, -0.2) is 33.1 Å². The van der Waals surface area contributed by atoms with Gasteiger partial charge in [-0.25, -0.2) is 0 Å². The van der Waals surface area contributed by atoms with Crippen LogP contribution < -0.4 is 11.1 Å². The van der Waals surface area contributed by atoms with Crippen LogP contribution in [-0.2, 0) is 11.3 Å². The van der Waals surface area contributed by atoms with Crippen LogP contribution in [0.5, 0.6) is 0 Å². The van der Waals surface area contributed by atoms with Gasteiger partial charge in [0, 0.05) is 6.42 Å². The Balaban J connectivity index is 2.24. The van der Waals surface area contributed by atoms with E-state index in [1.165, 1.54) is 0 Å². The van der Waals surface area contributed by atoms with Crippen LogP contribution in [0.2, 0.25) is 0 Å². The average Bonchev–Trinajstić information content (AvgIpc) is 2.75. The highest BCUT2D eigenvalue weighted by atomic mass is 16.1. The highest BCUT2D eigenvalue weighted by molar-refractivity contribution is 5.76. The van der Waals surface area contributed by atoms with Crippen molar-refractivity contribution in [2.45, 2.75) is 26.3 Å². The Kier molecular flexibility index (Phi) is 4.69. The van der Waals surface area contributed by atoms with E-state index in [0.29, 0.717) is 25.3 Å².